The number of carbonyl (C=O) groups is 2. The third-order valence-corrected chi connectivity index (χ3v) is 6.98. The molecule has 0 bridgehead atoms. The molecule has 166 valence electrons. The zero-order chi connectivity index (χ0) is 22.4. The molecule has 0 aromatic heterocycles. The highest BCUT2D eigenvalue weighted by atomic mass is 32.2. The van der Waals surface area contributed by atoms with E-state index in [4.69, 9.17) is 4.74 Å². The van der Waals surface area contributed by atoms with Crippen molar-refractivity contribution in [2.24, 2.45) is 0 Å². The molecule has 9 heteroatoms. The van der Waals surface area contributed by atoms with Gasteiger partial charge in [0.15, 0.2) is 0 Å². The van der Waals surface area contributed by atoms with Crippen molar-refractivity contribution in [3.8, 4) is 0 Å². The fourth-order valence-electron chi connectivity index (χ4n) is 3.27. The Kier molecular flexibility index (Phi) is 7.29. The van der Waals surface area contributed by atoms with Crippen molar-refractivity contribution < 1.29 is 22.7 Å². The van der Waals surface area contributed by atoms with Crippen molar-refractivity contribution in [2.75, 3.05) is 35.6 Å². The molecule has 2 N–H and O–H groups in total. The van der Waals surface area contributed by atoms with Crippen LogP contribution in [0, 0.1) is 0 Å². The maximum Gasteiger partial charge on any atom is 0.255 e. The van der Waals surface area contributed by atoms with Gasteiger partial charge in [0.25, 0.3) is 11.8 Å². The molecule has 1 fully saturated rings. The molecule has 2 aromatic rings. The van der Waals surface area contributed by atoms with E-state index in [1.165, 1.54) is 11.4 Å². The van der Waals surface area contributed by atoms with Gasteiger partial charge in [0, 0.05) is 25.8 Å². The van der Waals surface area contributed by atoms with Crippen LogP contribution in [0.1, 0.15) is 40.5 Å². The van der Waals surface area contributed by atoms with Gasteiger partial charge >= 0.3 is 0 Å². The first kappa shape index (κ1) is 22.8. The van der Waals surface area contributed by atoms with Crippen LogP contribution in [0.3, 0.4) is 0 Å². The quantitative estimate of drug-likeness (QED) is 0.650. The van der Waals surface area contributed by atoms with Gasteiger partial charge in [-0.25, -0.2) is 8.42 Å². The number of sulfonamides is 1. The number of ether oxygens (including phenoxy) is 1. The van der Waals surface area contributed by atoms with Crippen LogP contribution in [0.5, 0.6) is 0 Å². The van der Waals surface area contributed by atoms with Crippen LogP contribution in [0.25, 0.3) is 0 Å². The lowest BCUT2D eigenvalue weighted by Gasteiger charge is -2.18. The first-order chi connectivity index (χ1) is 14.8. The summed E-state index contributed by atoms with van der Waals surface area (Å²) in [6, 6.07) is 13.0. The smallest absolute Gasteiger partial charge is 0.255 e. The summed E-state index contributed by atoms with van der Waals surface area (Å²) in [5.41, 5.74) is 1.57. The first-order valence-corrected chi connectivity index (χ1v) is 11.8. The second-order valence-electron chi connectivity index (χ2n) is 7.26. The summed E-state index contributed by atoms with van der Waals surface area (Å²) in [7, 11) is -1.91. The predicted molar refractivity (Wildman–Crippen MR) is 120 cm³/mol. The van der Waals surface area contributed by atoms with Gasteiger partial charge in [-0.05, 0) is 56.2 Å². The van der Waals surface area contributed by atoms with E-state index in [9.17, 15) is 18.0 Å². The normalized spacial score (nSPS) is 16.0. The molecule has 2 amide bonds. The lowest BCUT2D eigenvalue weighted by Crippen LogP contribution is -2.32. The minimum absolute atomic E-state index is 0.0164. The number of para-hydroxylation sites is 1. The average molecular weight is 446 g/mol. The monoisotopic (exact) mass is 445 g/mol. The molecule has 1 heterocycles. The zero-order valence-electron chi connectivity index (χ0n) is 17.6. The SMILES string of the molecule is CCS(=O)(=O)N(C)c1ccc(C(=O)Nc2ccccc2C(=O)NCC2CCCO2)cc1. The third kappa shape index (κ3) is 5.62. The average Bonchev–Trinajstić information content (AvgIpc) is 3.31. The Balaban J connectivity index is 1.68. The Morgan fingerprint density at radius 1 is 1.10 bits per heavy atom. The molecule has 31 heavy (non-hydrogen) atoms. The number of hydrogen-bond donors (Lipinski definition) is 2. The van der Waals surface area contributed by atoms with Gasteiger partial charge in [-0.3, -0.25) is 13.9 Å². The Bertz CT molecular complexity index is 1030. The molecular weight excluding hydrogens is 418 g/mol. The van der Waals surface area contributed by atoms with Crippen LogP contribution >= 0.6 is 0 Å². The summed E-state index contributed by atoms with van der Waals surface area (Å²) in [4.78, 5) is 25.3. The van der Waals surface area contributed by atoms with E-state index in [1.54, 1.807) is 55.5 Å². The van der Waals surface area contributed by atoms with E-state index in [1.807, 2.05) is 0 Å². The number of nitrogens with zero attached hydrogens (tertiary/aromatic N) is 1. The van der Waals surface area contributed by atoms with Gasteiger partial charge < -0.3 is 15.4 Å². The maximum atomic E-state index is 12.7. The number of carbonyl (C=O) groups excluding carboxylic acids is 2. The van der Waals surface area contributed by atoms with Crippen LogP contribution in [-0.2, 0) is 14.8 Å². The van der Waals surface area contributed by atoms with Crippen LogP contribution in [-0.4, -0.2) is 52.3 Å². The van der Waals surface area contributed by atoms with Crippen LogP contribution in [0.4, 0.5) is 11.4 Å². The van der Waals surface area contributed by atoms with Gasteiger partial charge in [0.1, 0.15) is 0 Å². The standard InChI is InChI=1S/C22H27N3O5S/c1-3-31(28,29)25(2)17-12-10-16(11-13-17)21(26)24-20-9-5-4-8-19(20)22(27)23-15-18-7-6-14-30-18/h4-5,8-13,18H,3,6-7,14-15H2,1-2H3,(H,23,27)(H,24,26). The van der Waals surface area contributed by atoms with Crippen molar-refractivity contribution in [1.82, 2.24) is 5.32 Å². The van der Waals surface area contributed by atoms with E-state index in [2.05, 4.69) is 10.6 Å². The molecule has 0 radical (unpaired) electrons. The molecule has 1 atom stereocenters. The number of benzene rings is 2. The molecular formula is C22H27N3O5S. The third-order valence-electron chi connectivity index (χ3n) is 5.21. The zero-order valence-corrected chi connectivity index (χ0v) is 18.4. The van der Waals surface area contributed by atoms with E-state index in [0.29, 0.717) is 35.7 Å². The lowest BCUT2D eigenvalue weighted by molar-refractivity contribution is 0.0858. The number of rotatable bonds is 8. The summed E-state index contributed by atoms with van der Waals surface area (Å²) in [6.07, 6.45) is 1.94. The van der Waals surface area contributed by atoms with Crippen LogP contribution in [0.15, 0.2) is 48.5 Å². The molecule has 1 saturated heterocycles. The van der Waals surface area contributed by atoms with Crippen LogP contribution < -0.4 is 14.9 Å². The Morgan fingerprint density at radius 3 is 2.45 bits per heavy atom. The largest absolute Gasteiger partial charge is 0.376 e. The Morgan fingerprint density at radius 2 is 1.81 bits per heavy atom. The minimum Gasteiger partial charge on any atom is -0.376 e. The molecule has 0 spiro atoms. The molecule has 1 unspecified atom stereocenters. The summed E-state index contributed by atoms with van der Waals surface area (Å²) >= 11 is 0. The molecule has 1 aliphatic heterocycles. The van der Waals surface area contributed by atoms with Crippen molar-refractivity contribution in [1.29, 1.82) is 0 Å². The number of anilines is 2. The Labute approximate surface area is 182 Å². The summed E-state index contributed by atoms with van der Waals surface area (Å²) in [6.45, 7) is 2.71. The molecule has 2 aromatic carbocycles. The molecule has 1 aliphatic rings. The second kappa shape index (κ2) is 9.93. The lowest BCUT2D eigenvalue weighted by atomic mass is 10.1. The highest BCUT2D eigenvalue weighted by molar-refractivity contribution is 7.92. The van der Waals surface area contributed by atoms with Crippen molar-refractivity contribution in [3.05, 3.63) is 59.7 Å². The second-order valence-corrected chi connectivity index (χ2v) is 9.55. The van der Waals surface area contributed by atoms with Gasteiger partial charge in [-0.2, -0.15) is 0 Å². The fraction of sp³-hybridized carbons (Fsp3) is 0.364. The minimum atomic E-state index is -3.38. The van der Waals surface area contributed by atoms with Gasteiger partial charge in [0.05, 0.1) is 28.8 Å². The molecule has 0 saturated carbocycles. The number of hydrogen-bond acceptors (Lipinski definition) is 5. The Hall–Kier alpha value is -2.91. The predicted octanol–water partition coefficient (Wildman–Crippen LogP) is 2.63. The van der Waals surface area contributed by atoms with Crippen LogP contribution in [0.2, 0.25) is 0 Å². The van der Waals surface area contributed by atoms with Crippen molar-refractivity contribution >= 4 is 33.2 Å². The molecule has 3 rings (SSSR count). The summed E-state index contributed by atoms with van der Waals surface area (Å²) in [5, 5.41) is 5.62. The van der Waals surface area contributed by atoms with Crippen molar-refractivity contribution in [2.45, 2.75) is 25.9 Å². The number of nitrogens with one attached hydrogen (secondary N) is 2. The van der Waals surface area contributed by atoms with Crippen molar-refractivity contribution in [3.63, 3.8) is 0 Å². The highest BCUT2D eigenvalue weighted by Crippen LogP contribution is 2.20. The van der Waals surface area contributed by atoms with Gasteiger partial charge in [-0.15, -0.1) is 0 Å². The highest BCUT2D eigenvalue weighted by Gasteiger charge is 2.19. The molecule has 0 aliphatic carbocycles. The van der Waals surface area contributed by atoms with E-state index >= 15 is 0 Å². The summed E-state index contributed by atoms with van der Waals surface area (Å²) in [5.74, 6) is -0.697. The van der Waals surface area contributed by atoms with Gasteiger partial charge in [0.2, 0.25) is 10.0 Å². The number of amides is 2. The summed E-state index contributed by atoms with van der Waals surface area (Å²) < 4.78 is 30.7. The van der Waals surface area contributed by atoms with E-state index in [0.717, 1.165) is 12.8 Å². The van der Waals surface area contributed by atoms with E-state index < -0.39 is 15.9 Å². The molecule has 8 nitrogen and oxygen atoms in total. The van der Waals surface area contributed by atoms with E-state index in [-0.39, 0.29) is 17.8 Å². The topological polar surface area (TPSA) is 105 Å². The van der Waals surface area contributed by atoms with Gasteiger partial charge in [-0.1, -0.05) is 12.1 Å². The fourth-order valence-corrected chi connectivity index (χ4v) is 4.10. The maximum absolute atomic E-state index is 12.7. The first-order valence-electron chi connectivity index (χ1n) is 10.2.